The van der Waals surface area contributed by atoms with Crippen molar-refractivity contribution in [2.75, 3.05) is 29.5 Å². The maximum atomic E-state index is 11.5. The fourth-order valence-corrected chi connectivity index (χ4v) is 1.89. The van der Waals surface area contributed by atoms with E-state index in [1.807, 2.05) is 0 Å². The van der Waals surface area contributed by atoms with Crippen molar-refractivity contribution >= 4 is 21.5 Å². The van der Waals surface area contributed by atoms with Gasteiger partial charge in [-0.05, 0) is 19.1 Å². The van der Waals surface area contributed by atoms with Gasteiger partial charge in [0.1, 0.15) is 5.82 Å². The van der Waals surface area contributed by atoms with E-state index in [0.29, 0.717) is 11.5 Å². The third kappa shape index (κ3) is 2.59. The summed E-state index contributed by atoms with van der Waals surface area (Å²) in [6.45, 7) is 1.61. The van der Waals surface area contributed by atoms with Crippen LogP contribution in [0.1, 0.15) is 6.92 Å². The highest BCUT2D eigenvalue weighted by atomic mass is 32.2. The highest BCUT2D eigenvalue weighted by molar-refractivity contribution is 7.92. The van der Waals surface area contributed by atoms with E-state index in [2.05, 4.69) is 10.3 Å². The van der Waals surface area contributed by atoms with E-state index in [1.165, 1.54) is 17.5 Å². The maximum Gasteiger partial charge on any atom is 0.234 e. The van der Waals surface area contributed by atoms with Crippen molar-refractivity contribution in [3.63, 3.8) is 0 Å². The highest BCUT2D eigenvalue weighted by Gasteiger charge is 2.15. The Morgan fingerprint density at radius 1 is 1.47 bits per heavy atom. The van der Waals surface area contributed by atoms with Crippen LogP contribution >= 0.6 is 0 Å². The normalized spacial score (nSPS) is 11.1. The first-order valence-electron chi connectivity index (χ1n) is 4.61. The smallest absolute Gasteiger partial charge is 0.234 e. The number of sulfonamides is 1. The number of nitrogens with zero attached hydrogens (tertiary/aromatic N) is 2. The van der Waals surface area contributed by atoms with Gasteiger partial charge in [-0.15, -0.1) is 0 Å². The Hall–Kier alpha value is -1.30. The van der Waals surface area contributed by atoms with Gasteiger partial charge >= 0.3 is 0 Å². The first kappa shape index (κ1) is 11.8. The molecule has 84 valence electrons. The minimum Gasteiger partial charge on any atom is -0.373 e. The molecule has 0 amide bonds. The van der Waals surface area contributed by atoms with Crippen LogP contribution < -0.4 is 9.62 Å². The molecule has 0 aliphatic carbocycles. The lowest BCUT2D eigenvalue weighted by Crippen LogP contribution is -2.28. The molecule has 1 N–H and O–H groups in total. The summed E-state index contributed by atoms with van der Waals surface area (Å²) in [5, 5.41) is 2.87. The lowest BCUT2D eigenvalue weighted by molar-refractivity contribution is 0.595. The van der Waals surface area contributed by atoms with Crippen molar-refractivity contribution in [1.82, 2.24) is 4.98 Å². The zero-order valence-corrected chi connectivity index (χ0v) is 9.87. The van der Waals surface area contributed by atoms with E-state index >= 15 is 0 Å². The summed E-state index contributed by atoms with van der Waals surface area (Å²) in [5.41, 5.74) is 0.566. The molecule has 0 atom stereocenters. The van der Waals surface area contributed by atoms with Gasteiger partial charge in [-0.25, -0.2) is 13.4 Å². The average molecular weight is 229 g/mol. The Morgan fingerprint density at radius 2 is 2.13 bits per heavy atom. The Morgan fingerprint density at radius 3 is 2.53 bits per heavy atom. The van der Waals surface area contributed by atoms with Crippen LogP contribution in [0.5, 0.6) is 0 Å². The quantitative estimate of drug-likeness (QED) is 0.833. The molecule has 1 rings (SSSR count). The van der Waals surface area contributed by atoms with Gasteiger partial charge in [-0.3, -0.25) is 4.31 Å². The molecular weight excluding hydrogens is 214 g/mol. The van der Waals surface area contributed by atoms with Crippen molar-refractivity contribution < 1.29 is 8.42 Å². The summed E-state index contributed by atoms with van der Waals surface area (Å²) in [7, 11) is 0.0833. The van der Waals surface area contributed by atoms with E-state index in [9.17, 15) is 8.42 Å². The van der Waals surface area contributed by atoms with E-state index < -0.39 is 10.0 Å². The van der Waals surface area contributed by atoms with Crippen molar-refractivity contribution in [2.24, 2.45) is 0 Å². The third-order valence-corrected chi connectivity index (χ3v) is 3.92. The fraction of sp³-hybridized carbons (Fsp3) is 0.444. The number of hydrogen-bond donors (Lipinski definition) is 1. The summed E-state index contributed by atoms with van der Waals surface area (Å²) < 4.78 is 24.3. The predicted octanol–water partition coefficient (Wildman–Crippen LogP) is 0.909. The van der Waals surface area contributed by atoms with Crippen LogP contribution in [0, 0.1) is 0 Å². The van der Waals surface area contributed by atoms with Crippen LogP contribution in [-0.4, -0.2) is 33.2 Å². The molecule has 0 saturated heterocycles. The number of rotatable bonds is 4. The van der Waals surface area contributed by atoms with E-state index in [0.717, 1.165) is 0 Å². The molecular formula is C9H15N3O2S. The molecule has 6 heteroatoms. The van der Waals surface area contributed by atoms with Gasteiger partial charge in [0.15, 0.2) is 0 Å². The monoisotopic (exact) mass is 229 g/mol. The summed E-state index contributed by atoms with van der Waals surface area (Å²) in [6, 6.07) is 3.45. The van der Waals surface area contributed by atoms with Crippen molar-refractivity contribution in [1.29, 1.82) is 0 Å². The molecule has 0 unspecified atom stereocenters. The Bertz CT molecular complexity index is 413. The number of aromatic nitrogens is 1. The molecule has 0 radical (unpaired) electrons. The molecule has 1 heterocycles. The van der Waals surface area contributed by atoms with Crippen molar-refractivity contribution in [3.8, 4) is 0 Å². The molecule has 15 heavy (non-hydrogen) atoms. The van der Waals surface area contributed by atoms with Gasteiger partial charge < -0.3 is 5.32 Å². The first-order valence-corrected chi connectivity index (χ1v) is 6.22. The SMILES string of the molecule is CCS(=O)(=O)N(C)c1ccc(NC)nc1. The van der Waals surface area contributed by atoms with Crippen LogP contribution in [0.25, 0.3) is 0 Å². The summed E-state index contributed by atoms with van der Waals surface area (Å²) in [6.07, 6.45) is 1.53. The Labute approximate surface area is 90.2 Å². The number of nitrogens with one attached hydrogen (secondary N) is 1. The zero-order valence-electron chi connectivity index (χ0n) is 9.06. The lowest BCUT2D eigenvalue weighted by atomic mass is 10.4. The molecule has 0 spiro atoms. The molecule has 0 bridgehead atoms. The molecule has 1 aromatic heterocycles. The number of hydrogen-bond acceptors (Lipinski definition) is 4. The van der Waals surface area contributed by atoms with Crippen LogP contribution in [-0.2, 0) is 10.0 Å². The van der Waals surface area contributed by atoms with Gasteiger partial charge in [0.2, 0.25) is 10.0 Å². The summed E-state index contributed by atoms with van der Waals surface area (Å²) in [4.78, 5) is 4.05. The predicted molar refractivity (Wildman–Crippen MR) is 61.6 cm³/mol. The Balaban J connectivity index is 2.97. The van der Waals surface area contributed by atoms with Crippen LogP contribution in [0.3, 0.4) is 0 Å². The lowest BCUT2D eigenvalue weighted by Gasteiger charge is -2.17. The molecule has 0 fully saturated rings. The summed E-state index contributed by atoms with van der Waals surface area (Å²) >= 11 is 0. The van der Waals surface area contributed by atoms with Crippen molar-refractivity contribution in [3.05, 3.63) is 18.3 Å². The maximum absolute atomic E-state index is 11.5. The van der Waals surface area contributed by atoms with Crippen molar-refractivity contribution in [2.45, 2.75) is 6.92 Å². The van der Waals surface area contributed by atoms with Crippen LogP contribution in [0.2, 0.25) is 0 Å². The third-order valence-electron chi connectivity index (χ3n) is 2.15. The molecule has 0 aliphatic heterocycles. The molecule has 5 nitrogen and oxygen atoms in total. The molecule has 1 aromatic rings. The Kier molecular flexibility index (Phi) is 3.52. The number of anilines is 2. The largest absolute Gasteiger partial charge is 0.373 e. The molecule has 0 aliphatic rings. The van der Waals surface area contributed by atoms with Gasteiger partial charge in [-0.2, -0.15) is 0 Å². The number of pyridine rings is 1. The van der Waals surface area contributed by atoms with Gasteiger partial charge in [0.05, 0.1) is 17.6 Å². The zero-order chi connectivity index (χ0) is 11.5. The molecule has 0 saturated carbocycles. The van der Waals surface area contributed by atoms with Crippen LogP contribution in [0.15, 0.2) is 18.3 Å². The second-order valence-electron chi connectivity index (χ2n) is 3.02. The minimum absolute atomic E-state index is 0.0806. The van der Waals surface area contributed by atoms with E-state index in [-0.39, 0.29) is 5.75 Å². The van der Waals surface area contributed by atoms with Gasteiger partial charge in [0, 0.05) is 14.1 Å². The van der Waals surface area contributed by atoms with E-state index in [1.54, 1.807) is 26.1 Å². The first-order chi connectivity index (χ1) is 7.01. The standard InChI is InChI=1S/C9H15N3O2S/c1-4-15(13,14)12(3)8-5-6-9(10-2)11-7-8/h5-7H,4H2,1-3H3,(H,10,11). The highest BCUT2D eigenvalue weighted by Crippen LogP contribution is 2.16. The van der Waals surface area contributed by atoms with Crippen LogP contribution in [0.4, 0.5) is 11.5 Å². The van der Waals surface area contributed by atoms with Gasteiger partial charge in [0.25, 0.3) is 0 Å². The fourth-order valence-electron chi connectivity index (χ4n) is 1.07. The van der Waals surface area contributed by atoms with Gasteiger partial charge in [-0.1, -0.05) is 0 Å². The molecule has 0 aromatic carbocycles. The average Bonchev–Trinajstić information content (AvgIpc) is 2.28. The second kappa shape index (κ2) is 4.48. The minimum atomic E-state index is -3.20. The second-order valence-corrected chi connectivity index (χ2v) is 5.31. The summed E-state index contributed by atoms with van der Waals surface area (Å²) in [5.74, 6) is 0.790. The topological polar surface area (TPSA) is 62.3 Å². The van der Waals surface area contributed by atoms with E-state index in [4.69, 9.17) is 0 Å².